The fourth-order valence-electron chi connectivity index (χ4n) is 1.23. The van der Waals surface area contributed by atoms with Gasteiger partial charge in [0.05, 0.1) is 0 Å². The molecule has 2 rings (SSSR count). The normalized spacial score (nSPS) is 28.7. The molecule has 13 heavy (non-hydrogen) atoms. The quantitative estimate of drug-likeness (QED) is 0.677. The molecule has 5 heteroatoms. The molecule has 0 saturated carbocycles. The van der Waals surface area contributed by atoms with E-state index in [1.807, 2.05) is 0 Å². The van der Waals surface area contributed by atoms with E-state index in [1.165, 1.54) is 0 Å². The number of hydrogen-bond donors (Lipinski definition) is 1. The smallest absolute Gasteiger partial charge is 0.158 e. The summed E-state index contributed by atoms with van der Waals surface area (Å²) >= 11 is 5.82. The molecule has 0 aromatic carbocycles. The number of rotatable bonds is 1. The Morgan fingerprint density at radius 2 is 2.15 bits per heavy atom. The second-order valence-electron chi connectivity index (χ2n) is 2.80. The minimum atomic E-state index is -0.289. The Morgan fingerprint density at radius 3 is 2.85 bits per heavy atom. The van der Waals surface area contributed by atoms with Crippen LogP contribution in [0.25, 0.3) is 0 Å². The van der Waals surface area contributed by atoms with Gasteiger partial charge in [-0.05, 0) is 6.07 Å². The Morgan fingerprint density at radius 1 is 1.38 bits per heavy atom. The second-order valence-corrected chi connectivity index (χ2v) is 3.29. The van der Waals surface area contributed by atoms with E-state index in [-0.39, 0.29) is 11.7 Å². The fourth-order valence-corrected chi connectivity index (χ4v) is 1.46. The first kappa shape index (κ1) is 8.87. The summed E-state index contributed by atoms with van der Waals surface area (Å²) < 4.78 is 5.45. The SMILES string of the molecule is ClC1CNCC(c2ncccn2)O1. The van der Waals surface area contributed by atoms with E-state index >= 15 is 0 Å². The van der Waals surface area contributed by atoms with Crippen molar-refractivity contribution in [2.45, 2.75) is 11.7 Å². The van der Waals surface area contributed by atoms with Crippen LogP contribution in [0.1, 0.15) is 11.9 Å². The van der Waals surface area contributed by atoms with Crippen LogP contribution in [0.4, 0.5) is 0 Å². The maximum atomic E-state index is 5.82. The number of nitrogens with one attached hydrogen (secondary N) is 1. The first-order valence-electron chi connectivity index (χ1n) is 4.13. The average Bonchev–Trinajstić information content (AvgIpc) is 2.19. The van der Waals surface area contributed by atoms with E-state index < -0.39 is 0 Å². The van der Waals surface area contributed by atoms with E-state index in [0.29, 0.717) is 18.9 Å². The summed E-state index contributed by atoms with van der Waals surface area (Å²) in [6.45, 7) is 1.39. The van der Waals surface area contributed by atoms with Gasteiger partial charge in [0.2, 0.25) is 0 Å². The number of hydrogen-bond acceptors (Lipinski definition) is 4. The standard InChI is InChI=1S/C8H10ClN3O/c9-7-5-10-4-6(13-7)8-11-2-1-3-12-8/h1-3,6-7,10H,4-5H2. The molecule has 2 unspecified atom stereocenters. The molecule has 1 saturated heterocycles. The van der Waals surface area contributed by atoms with Crippen molar-refractivity contribution in [2.24, 2.45) is 0 Å². The highest BCUT2D eigenvalue weighted by Crippen LogP contribution is 2.18. The van der Waals surface area contributed by atoms with Crippen molar-refractivity contribution in [3.8, 4) is 0 Å². The molecular formula is C8H10ClN3O. The highest BCUT2D eigenvalue weighted by atomic mass is 35.5. The molecule has 0 aliphatic carbocycles. The largest absolute Gasteiger partial charge is 0.349 e. The molecule has 0 amide bonds. The molecule has 2 heterocycles. The van der Waals surface area contributed by atoms with Crippen molar-refractivity contribution in [1.82, 2.24) is 15.3 Å². The van der Waals surface area contributed by atoms with Crippen molar-refractivity contribution in [2.75, 3.05) is 13.1 Å². The van der Waals surface area contributed by atoms with Crippen molar-refractivity contribution in [3.63, 3.8) is 0 Å². The molecule has 2 atom stereocenters. The Labute approximate surface area is 81.3 Å². The van der Waals surface area contributed by atoms with Gasteiger partial charge in [0, 0.05) is 25.5 Å². The van der Waals surface area contributed by atoms with Gasteiger partial charge in [-0.1, -0.05) is 11.6 Å². The Hall–Kier alpha value is -0.710. The van der Waals surface area contributed by atoms with Crippen LogP contribution in [0, 0.1) is 0 Å². The molecule has 1 aliphatic heterocycles. The number of alkyl halides is 1. The molecule has 0 radical (unpaired) electrons. The summed E-state index contributed by atoms with van der Waals surface area (Å²) in [6.07, 6.45) is 3.27. The summed E-state index contributed by atoms with van der Waals surface area (Å²) in [5, 5.41) is 3.15. The number of morpholine rings is 1. The monoisotopic (exact) mass is 199 g/mol. The maximum Gasteiger partial charge on any atom is 0.158 e. The van der Waals surface area contributed by atoms with Gasteiger partial charge in [-0.15, -0.1) is 0 Å². The molecule has 4 nitrogen and oxygen atoms in total. The first-order chi connectivity index (χ1) is 6.36. The predicted octanol–water partition coefficient (Wildman–Crippen LogP) is 0.702. The second kappa shape index (κ2) is 4.00. The zero-order valence-corrected chi connectivity index (χ0v) is 7.74. The average molecular weight is 200 g/mol. The van der Waals surface area contributed by atoms with Gasteiger partial charge >= 0.3 is 0 Å². The molecule has 1 aromatic heterocycles. The summed E-state index contributed by atoms with van der Waals surface area (Å²) in [6, 6.07) is 1.78. The third kappa shape index (κ3) is 2.15. The van der Waals surface area contributed by atoms with Crippen LogP contribution < -0.4 is 5.32 Å². The van der Waals surface area contributed by atoms with E-state index in [9.17, 15) is 0 Å². The van der Waals surface area contributed by atoms with Gasteiger partial charge in [0.1, 0.15) is 11.7 Å². The van der Waals surface area contributed by atoms with Crippen LogP contribution in [-0.2, 0) is 4.74 Å². The van der Waals surface area contributed by atoms with Gasteiger partial charge in [0.15, 0.2) is 5.82 Å². The number of ether oxygens (including phenoxy) is 1. The fraction of sp³-hybridized carbons (Fsp3) is 0.500. The van der Waals surface area contributed by atoms with Crippen molar-refractivity contribution >= 4 is 11.6 Å². The van der Waals surface area contributed by atoms with Crippen LogP contribution in [-0.4, -0.2) is 28.6 Å². The predicted molar refractivity (Wildman–Crippen MR) is 48.4 cm³/mol. The van der Waals surface area contributed by atoms with Gasteiger partial charge < -0.3 is 10.1 Å². The zero-order valence-electron chi connectivity index (χ0n) is 6.98. The van der Waals surface area contributed by atoms with Crippen molar-refractivity contribution in [3.05, 3.63) is 24.3 Å². The van der Waals surface area contributed by atoms with Gasteiger partial charge in [-0.3, -0.25) is 0 Å². The molecule has 1 fully saturated rings. The van der Waals surface area contributed by atoms with Crippen molar-refractivity contribution in [1.29, 1.82) is 0 Å². The third-order valence-electron chi connectivity index (χ3n) is 1.82. The lowest BCUT2D eigenvalue weighted by Gasteiger charge is -2.25. The molecule has 0 bridgehead atoms. The van der Waals surface area contributed by atoms with E-state index in [4.69, 9.17) is 16.3 Å². The van der Waals surface area contributed by atoms with Gasteiger partial charge in [-0.2, -0.15) is 0 Å². The summed E-state index contributed by atoms with van der Waals surface area (Å²) in [5.41, 5.74) is -0.289. The lowest BCUT2D eigenvalue weighted by Crippen LogP contribution is -2.38. The third-order valence-corrected chi connectivity index (χ3v) is 2.08. The van der Waals surface area contributed by atoms with Crippen LogP contribution in [0.3, 0.4) is 0 Å². The van der Waals surface area contributed by atoms with Crippen LogP contribution in [0.5, 0.6) is 0 Å². The van der Waals surface area contributed by atoms with E-state index in [2.05, 4.69) is 15.3 Å². The van der Waals surface area contributed by atoms with Crippen LogP contribution in [0.2, 0.25) is 0 Å². The van der Waals surface area contributed by atoms with Crippen LogP contribution >= 0.6 is 11.6 Å². The molecule has 1 aliphatic rings. The minimum absolute atomic E-state index is 0.127. The number of halogens is 1. The topological polar surface area (TPSA) is 47.0 Å². The molecule has 1 N–H and O–H groups in total. The molecular weight excluding hydrogens is 190 g/mol. The summed E-state index contributed by atoms with van der Waals surface area (Å²) in [7, 11) is 0. The summed E-state index contributed by atoms with van der Waals surface area (Å²) in [5.74, 6) is 0.681. The van der Waals surface area contributed by atoms with E-state index in [1.54, 1.807) is 18.5 Å². The van der Waals surface area contributed by atoms with Crippen molar-refractivity contribution < 1.29 is 4.74 Å². The lowest BCUT2D eigenvalue weighted by molar-refractivity contribution is -0.00147. The van der Waals surface area contributed by atoms with Crippen LogP contribution in [0.15, 0.2) is 18.5 Å². The minimum Gasteiger partial charge on any atom is -0.349 e. The number of aromatic nitrogens is 2. The lowest BCUT2D eigenvalue weighted by atomic mass is 10.3. The maximum absolute atomic E-state index is 5.82. The highest BCUT2D eigenvalue weighted by Gasteiger charge is 2.23. The zero-order chi connectivity index (χ0) is 9.10. The number of nitrogens with zero attached hydrogens (tertiary/aromatic N) is 2. The Bertz CT molecular complexity index is 269. The summed E-state index contributed by atoms with van der Waals surface area (Å²) in [4.78, 5) is 8.20. The molecule has 1 aromatic rings. The first-order valence-corrected chi connectivity index (χ1v) is 4.57. The Kier molecular flexibility index (Phi) is 2.73. The van der Waals surface area contributed by atoms with E-state index in [0.717, 1.165) is 0 Å². The Balaban J connectivity index is 2.08. The van der Waals surface area contributed by atoms with Gasteiger partial charge in [-0.25, -0.2) is 9.97 Å². The highest BCUT2D eigenvalue weighted by molar-refractivity contribution is 6.19. The van der Waals surface area contributed by atoms with Gasteiger partial charge in [0.25, 0.3) is 0 Å². The molecule has 70 valence electrons. The molecule has 0 spiro atoms.